The third kappa shape index (κ3) is 2.67. The molecule has 3 nitrogen and oxygen atoms in total. The Morgan fingerprint density at radius 3 is 2.18 bits per heavy atom. The molecule has 2 fully saturated rings. The maximum atomic E-state index is 6.47. The fourth-order valence-electron chi connectivity index (χ4n) is 3.52. The zero-order valence-electron chi connectivity index (χ0n) is 11.8. The number of nitrogens with two attached hydrogens (primary N) is 1. The van der Waals surface area contributed by atoms with Crippen molar-refractivity contribution in [2.24, 2.45) is 17.6 Å². The van der Waals surface area contributed by atoms with E-state index in [0.29, 0.717) is 11.8 Å². The van der Waals surface area contributed by atoms with Crippen molar-refractivity contribution < 1.29 is 9.47 Å². The Morgan fingerprint density at radius 1 is 1.24 bits per heavy atom. The molecular weight excluding hydrogens is 214 g/mol. The second-order valence-electron chi connectivity index (χ2n) is 6.89. The van der Waals surface area contributed by atoms with Gasteiger partial charge in [0.2, 0.25) is 0 Å². The molecule has 0 aromatic heterocycles. The van der Waals surface area contributed by atoms with E-state index in [2.05, 4.69) is 27.7 Å². The zero-order chi connectivity index (χ0) is 12.8. The number of rotatable bonds is 4. The fourth-order valence-corrected chi connectivity index (χ4v) is 3.52. The van der Waals surface area contributed by atoms with Gasteiger partial charge in [0.1, 0.15) is 0 Å². The van der Waals surface area contributed by atoms with Crippen LogP contribution in [0.2, 0.25) is 0 Å². The Kier molecular flexibility index (Phi) is 3.30. The summed E-state index contributed by atoms with van der Waals surface area (Å²) >= 11 is 0. The standard InChI is InChI=1S/C14H27NO2/c1-13(2)8-10(14(3,4)17-13)11(15)12(16-5)9-6-7-9/h9-12H,6-8,15H2,1-5H3. The Hall–Kier alpha value is -0.120. The lowest BCUT2D eigenvalue weighted by molar-refractivity contribution is -0.0828. The van der Waals surface area contributed by atoms with Gasteiger partial charge in [0.25, 0.3) is 0 Å². The zero-order valence-corrected chi connectivity index (χ0v) is 11.8. The molecule has 0 bridgehead atoms. The van der Waals surface area contributed by atoms with Gasteiger partial charge in [-0.25, -0.2) is 0 Å². The maximum absolute atomic E-state index is 6.47. The van der Waals surface area contributed by atoms with E-state index < -0.39 is 0 Å². The number of hydrogen-bond acceptors (Lipinski definition) is 3. The molecular formula is C14H27NO2. The summed E-state index contributed by atoms with van der Waals surface area (Å²) in [5.74, 6) is 1.05. The molecule has 2 N–H and O–H groups in total. The maximum Gasteiger partial charge on any atom is 0.0754 e. The molecule has 2 aliphatic rings. The van der Waals surface area contributed by atoms with Crippen LogP contribution in [-0.2, 0) is 9.47 Å². The van der Waals surface area contributed by atoms with Crippen LogP contribution in [0.4, 0.5) is 0 Å². The van der Waals surface area contributed by atoms with E-state index in [9.17, 15) is 0 Å². The summed E-state index contributed by atoms with van der Waals surface area (Å²) in [6, 6.07) is 0.0873. The SMILES string of the molecule is COC(C1CC1)C(N)C1CC(C)(C)OC1(C)C. The molecule has 0 amide bonds. The van der Waals surface area contributed by atoms with Crippen LogP contribution in [-0.4, -0.2) is 30.5 Å². The molecule has 0 radical (unpaired) electrons. The smallest absolute Gasteiger partial charge is 0.0754 e. The van der Waals surface area contributed by atoms with Gasteiger partial charge in [-0.2, -0.15) is 0 Å². The van der Waals surface area contributed by atoms with Crippen LogP contribution in [0.5, 0.6) is 0 Å². The molecule has 3 atom stereocenters. The molecule has 3 unspecified atom stereocenters. The van der Waals surface area contributed by atoms with E-state index in [1.807, 2.05) is 0 Å². The summed E-state index contributed by atoms with van der Waals surface area (Å²) in [5.41, 5.74) is 6.26. The number of hydrogen-bond donors (Lipinski definition) is 1. The van der Waals surface area contributed by atoms with E-state index in [1.54, 1.807) is 7.11 Å². The second kappa shape index (κ2) is 4.22. The third-order valence-electron chi connectivity index (χ3n) is 4.35. The van der Waals surface area contributed by atoms with Gasteiger partial charge >= 0.3 is 0 Å². The van der Waals surface area contributed by atoms with Crippen molar-refractivity contribution in [1.29, 1.82) is 0 Å². The molecule has 1 saturated heterocycles. The van der Waals surface area contributed by atoms with E-state index in [0.717, 1.165) is 6.42 Å². The first-order valence-corrected chi connectivity index (χ1v) is 6.75. The van der Waals surface area contributed by atoms with Crippen molar-refractivity contribution in [3.8, 4) is 0 Å². The van der Waals surface area contributed by atoms with Crippen LogP contribution < -0.4 is 5.73 Å². The van der Waals surface area contributed by atoms with Gasteiger partial charge in [-0.05, 0) is 52.9 Å². The number of ether oxygens (including phenoxy) is 2. The lowest BCUT2D eigenvalue weighted by Gasteiger charge is -2.34. The van der Waals surface area contributed by atoms with Crippen LogP contribution in [0.15, 0.2) is 0 Å². The van der Waals surface area contributed by atoms with Crippen LogP contribution >= 0.6 is 0 Å². The van der Waals surface area contributed by atoms with Crippen molar-refractivity contribution in [1.82, 2.24) is 0 Å². The molecule has 2 rings (SSSR count). The Bertz CT molecular complexity index is 284. The van der Waals surface area contributed by atoms with Crippen LogP contribution in [0.25, 0.3) is 0 Å². The van der Waals surface area contributed by atoms with Crippen LogP contribution in [0.3, 0.4) is 0 Å². The summed E-state index contributed by atoms with van der Waals surface area (Å²) in [7, 11) is 1.79. The van der Waals surface area contributed by atoms with Gasteiger partial charge in [0.15, 0.2) is 0 Å². The van der Waals surface area contributed by atoms with Crippen molar-refractivity contribution in [2.75, 3.05) is 7.11 Å². The quantitative estimate of drug-likeness (QED) is 0.821. The van der Waals surface area contributed by atoms with Gasteiger partial charge in [-0.15, -0.1) is 0 Å². The molecule has 0 aromatic carbocycles. The highest BCUT2D eigenvalue weighted by molar-refractivity contribution is 5.03. The normalized spacial score (nSPS) is 34.6. The summed E-state index contributed by atoms with van der Waals surface area (Å²) in [4.78, 5) is 0. The summed E-state index contributed by atoms with van der Waals surface area (Å²) in [6.07, 6.45) is 3.76. The molecule has 100 valence electrons. The molecule has 3 heteroatoms. The van der Waals surface area contributed by atoms with Crippen molar-refractivity contribution >= 4 is 0 Å². The van der Waals surface area contributed by atoms with E-state index in [4.69, 9.17) is 15.2 Å². The lowest BCUT2D eigenvalue weighted by atomic mass is 9.79. The fraction of sp³-hybridized carbons (Fsp3) is 1.00. The first-order valence-electron chi connectivity index (χ1n) is 6.75. The molecule has 1 aliphatic carbocycles. The van der Waals surface area contributed by atoms with Crippen molar-refractivity contribution in [3.05, 3.63) is 0 Å². The topological polar surface area (TPSA) is 44.5 Å². The lowest BCUT2D eigenvalue weighted by Crippen LogP contribution is -2.49. The number of methoxy groups -OCH3 is 1. The van der Waals surface area contributed by atoms with Gasteiger partial charge in [-0.1, -0.05) is 0 Å². The van der Waals surface area contributed by atoms with Gasteiger partial charge in [-0.3, -0.25) is 0 Å². The van der Waals surface area contributed by atoms with Crippen molar-refractivity contribution in [3.63, 3.8) is 0 Å². The highest BCUT2D eigenvalue weighted by Gasteiger charge is 2.51. The molecule has 1 heterocycles. The predicted molar refractivity (Wildman–Crippen MR) is 68.8 cm³/mol. The molecule has 1 aliphatic heterocycles. The first-order chi connectivity index (χ1) is 7.77. The van der Waals surface area contributed by atoms with E-state index in [1.165, 1.54) is 12.8 Å². The minimum absolute atomic E-state index is 0.0619. The summed E-state index contributed by atoms with van der Waals surface area (Å²) in [5, 5.41) is 0. The highest BCUT2D eigenvalue weighted by Crippen LogP contribution is 2.46. The third-order valence-corrected chi connectivity index (χ3v) is 4.35. The Balaban J connectivity index is 2.10. The first kappa shape index (κ1) is 13.3. The monoisotopic (exact) mass is 241 g/mol. The van der Waals surface area contributed by atoms with Gasteiger partial charge in [0.05, 0.1) is 17.3 Å². The van der Waals surface area contributed by atoms with Crippen LogP contribution in [0, 0.1) is 11.8 Å². The minimum Gasteiger partial charge on any atom is -0.380 e. The van der Waals surface area contributed by atoms with Gasteiger partial charge in [0, 0.05) is 19.1 Å². The Labute approximate surface area is 105 Å². The van der Waals surface area contributed by atoms with Crippen LogP contribution in [0.1, 0.15) is 47.0 Å². The Morgan fingerprint density at radius 2 is 1.82 bits per heavy atom. The van der Waals surface area contributed by atoms with Gasteiger partial charge < -0.3 is 15.2 Å². The average molecular weight is 241 g/mol. The molecule has 0 aromatic rings. The molecule has 0 spiro atoms. The largest absolute Gasteiger partial charge is 0.380 e. The minimum atomic E-state index is -0.144. The predicted octanol–water partition coefficient (Wildman–Crippen LogP) is 2.33. The van der Waals surface area contributed by atoms with E-state index >= 15 is 0 Å². The second-order valence-corrected chi connectivity index (χ2v) is 6.89. The molecule has 17 heavy (non-hydrogen) atoms. The van der Waals surface area contributed by atoms with E-state index in [-0.39, 0.29) is 23.3 Å². The van der Waals surface area contributed by atoms with Crippen molar-refractivity contribution in [2.45, 2.75) is 70.3 Å². The summed E-state index contributed by atoms with van der Waals surface area (Å²) in [6.45, 7) is 8.62. The summed E-state index contributed by atoms with van der Waals surface area (Å²) < 4.78 is 11.8. The highest BCUT2D eigenvalue weighted by atomic mass is 16.5. The average Bonchev–Trinajstić information content (AvgIpc) is 2.94. The molecule has 1 saturated carbocycles.